The number of nitrogens with zero attached hydrogens (tertiary/aromatic N) is 2. The third kappa shape index (κ3) is 3.91. The van der Waals surface area contributed by atoms with E-state index in [4.69, 9.17) is 0 Å². The molecule has 0 amide bonds. The van der Waals surface area contributed by atoms with Crippen LogP contribution in [0.1, 0.15) is 11.1 Å². The van der Waals surface area contributed by atoms with Crippen LogP contribution in [0.3, 0.4) is 0 Å². The highest BCUT2D eigenvalue weighted by Gasteiger charge is 2.34. The molecule has 1 fully saturated rings. The molecule has 2 aromatic rings. The summed E-state index contributed by atoms with van der Waals surface area (Å²) in [5.74, 6) is -0.515. The Labute approximate surface area is 159 Å². The molecular formula is C18H21FN2O4S2. The monoisotopic (exact) mass is 412 g/mol. The van der Waals surface area contributed by atoms with Crippen molar-refractivity contribution in [1.29, 1.82) is 0 Å². The second-order valence-corrected chi connectivity index (χ2v) is 10.4. The van der Waals surface area contributed by atoms with Gasteiger partial charge in [0.2, 0.25) is 20.0 Å². The van der Waals surface area contributed by atoms with Crippen LogP contribution in [0, 0.1) is 19.7 Å². The van der Waals surface area contributed by atoms with Crippen molar-refractivity contribution >= 4 is 20.0 Å². The molecule has 1 heterocycles. The SMILES string of the molecule is Cc1ccc(S(=O)(=O)N2CCN(S(=O)(=O)c3ccc(F)cc3)CC2)c(C)c1. The highest BCUT2D eigenvalue weighted by molar-refractivity contribution is 7.89. The number of hydrogen-bond acceptors (Lipinski definition) is 4. The third-order valence-electron chi connectivity index (χ3n) is 4.60. The molecule has 0 atom stereocenters. The minimum Gasteiger partial charge on any atom is -0.207 e. The molecule has 0 bridgehead atoms. The van der Waals surface area contributed by atoms with Gasteiger partial charge < -0.3 is 0 Å². The van der Waals surface area contributed by atoms with Crippen LogP contribution in [0.15, 0.2) is 52.3 Å². The van der Waals surface area contributed by atoms with E-state index in [1.54, 1.807) is 19.1 Å². The van der Waals surface area contributed by atoms with Crippen molar-refractivity contribution in [2.24, 2.45) is 0 Å². The molecular weight excluding hydrogens is 391 g/mol. The highest BCUT2D eigenvalue weighted by atomic mass is 32.2. The summed E-state index contributed by atoms with van der Waals surface area (Å²) in [6.07, 6.45) is 0. The van der Waals surface area contributed by atoms with E-state index in [0.29, 0.717) is 5.56 Å². The van der Waals surface area contributed by atoms with E-state index in [0.717, 1.165) is 17.7 Å². The number of benzene rings is 2. The van der Waals surface area contributed by atoms with E-state index in [2.05, 4.69) is 0 Å². The van der Waals surface area contributed by atoms with Gasteiger partial charge in [0.25, 0.3) is 0 Å². The van der Waals surface area contributed by atoms with Crippen LogP contribution in [-0.4, -0.2) is 51.6 Å². The van der Waals surface area contributed by atoms with Gasteiger partial charge in [-0.25, -0.2) is 21.2 Å². The van der Waals surface area contributed by atoms with Gasteiger partial charge in [-0.2, -0.15) is 8.61 Å². The number of aryl methyl sites for hydroxylation is 2. The number of hydrogen-bond donors (Lipinski definition) is 0. The van der Waals surface area contributed by atoms with Gasteiger partial charge in [-0.1, -0.05) is 17.7 Å². The van der Waals surface area contributed by atoms with Crippen molar-refractivity contribution in [2.75, 3.05) is 26.2 Å². The quantitative estimate of drug-likeness (QED) is 0.771. The lowest BCUT2D eigenvalue weighted by Gasteiger charge is -2.33. The van der Waals surface area contributed by atoms with Crippen molar-refractivity contribution in [2.45, 2.75) is 23.6 Å². The number of sulfonamides is 2. The van der Waals surface area contributed by atoms with E-state index >= 15 is 0 Å². The van der Waals surface area contributed by atoms with Gasteiger partial charge in [-0.3, -0.25) is 0 Å². The largest absolute Gasteiger partial charge is 0.243 e. The molecule has 2 aromatic carbocycles. The van der Waals surface area contributed by atoms with Crippen molar-refractivity contribution in [3.8, 4) is 0 Å². The average molecular weight is 413 g/mol. The van der Waals surface area contributed by atoms with Crippen LogP contribution in [0.5, 0.6) is 0 Å². The lowest BCUT2D eigenvalue weighted by Crippen LogP contribution is -2.50. The van der Waals surface area contributed by atoms with Gasteiger partial charge >= 0.3 is 0 Å². The molecule has 0 saturated carbocycles. The fourth-order valence-electron chi connectivity index (χ4n) is 3.13. The van der Waals surface area contributed by atoms with Crippen molar-refractivity contribution in [1.82, 2.24) is 8.61 Å². The Bertz CT molecular complexity index is 1040. The molecule has 0 radical (unpaired) electrons. The minimum absolute atomic E-state index is 0.00501. The van der Waals surface area contributed by atoms with E-state index in [9.17, 15) is 21.2 Å². The Hall–Kier alpha value is -1.81. The van der Waals surface area contributed by atoms with Gasteiger partial charge in [0.15, 0.2) is 0 Å². The van der Waals surface area contributed by atoms with E-state index in [1.165, 1.54) is 20.7 Å². The number of halogens is 1. The summed E-state index contributed by atoms with van der Waals surface area (Å²) in [6.45, 7) is 3.86. The topological polar surface area (TPSA) is 74.8 Å². The fraction of sp³-hybridized carbons (Fsp3) is 0.333. The van der Waals surface area contributed by atoms with Crippen LogP contribution < -0.4 is 0 Å². The fourth-order valence-corrected chi connectivity index (χ4v) is 6.18. The predicted molar refractivity (Wildman–Crippen MR) is 99.8 cm³/mol. The summed E-state index contributed by atoms with van der Waals surface area (Å²) in [5.41, 5.74) is 1.64. The first-order valence-electron chi connectivity index (χ1n) is 8.45. The van der Waals surface area contributed by atoms with Crippen LogP contribution >= 0.6 is 0 Å². The van der Waals surface area contributed by atoms with E-state index in [1.807, 2.05) is 13.0 Å². The minimum atomic E-state index is -3.78. The van der Waals surface area contributed by atoms with E-state index < -0.39 is 25.9 Å². The first kappa shape index (κ1) is 19.9. The molecule has 0 spiro atoms. The van der Waals surface area contributed by atoms with Crippen LogP contribution in [0.4, 0.5) is 4.39 Å². The molecule has 3 rings (SSSR count). The lowest BCUT2D eigenvalue weighted by atomic mass is 10.2. The third-order valence-corrected chi connectivity index (χ3v) is 8.57. The van der Waals surface area contributed by atoms with Gasteiger partial charge in [0.05, 0.1) is 9.79 Å². The first-order valence-corrected chi connectivity index (χ1v) is 11.3. The Morgan fingerprint density at radius 2 is 1.30 bits per heavy atom. The molecule has 1 aliphatic rings. The van der Waals surface area contributed by atoms with Crippen LogP contribution in [0.2, 0.25) is 0 Å². The first-order chi connectivity index (χ1) is 12.6. The zero-order valence-corrected chi connectivity index (χ0v) is 16.7. The summed E-state index contributed by atoms with van der Waals surface area (Å²) in [4.78, 5) is 0.234. The Morgan fingerprint density at radius 1 is 0.778 bits per heavy atom. The molecule has 1 saturated heterocycles. The average Bonchev–Trinajstić information content (AvgIpc) is 2.62. The maximum atomic E-state index is 13.0. The molecule has 6 nitrogen and oxygen atoms in total. The van der Waals surface area contributed by atoms with Gasteiger partial charge in [0, 0.05) is 26.2 Å². The summed E-state index contributed by atoms with van der Waals surface area (Å²) < 4.78 is 66.7. The number of piperazine rings is 1. The summed E-state index contributed by atoms with van der Waals surface area (Å²) in [5, 5.41) is 0. The van der Waals surface area contributed by atoms with E-state index in [-0.39, 0.29) is 36.0 Å². The van der Waals surface area contributed by atoms with Gasteiger partial charge in [-0.05, 0) is 49.7 Å². The summed E-state index contributed by atoms with van der Waals surface area (Å²) in [6, 6.07) is 9.74. The molecule has 1 aliphatic heterocycles. The van der Waals surface area contributed by atoms with Crippen molar-refractivity contribution < 1.29 is 21.2 Å². The second kappa shape index (κ2) is 7.31. The summed E-state index contributed by atoms with van der Waals surface area (Å²) in [7, 11) is -7.47. The Balaban J connectivity index is 1.77. The Morgan fingerprint density at radius 3 is 1.81 bits per heavy atom. The molecule has 146 valence electrons. The molecule has 0 unspecified atom stereocenters. The second-order valence-electron chi connectivity index (χ2n) is 6.53. The van der Waals surface area contributed by atoms with Crippen molar-refractivity contribution in [3.63, 3.8) is 0 Å². The van der Waals surface area contributed by atoms with Gasteiger partial charge in [-0.15, -0.1) is 0 Å². The zero-order chi connectivity index (χ0) is 19.8. The van der Waals surface area contributed by atoms with Crippen LogP contribution in [-0.2, 0) is 20.0 Å². The Kier molecular flexibility index (Phi) is 5.40. The molecule has 0 aromatic heterocycles. The molecule has 9 heteroatoms. The predicted octanol–water partition coefficient (Wildman–Crippen LogP) is 2.14. The summed E-state index contributed by atoms with van der Waals surface area (Å²) >= 11 is 0. The normalized spacial score (nSPS) is 17.1. The molecule has 27 heavy (non-hydrogen) atoms. The zero-order valence-electron chi connectivity index (χ0n) is 15.1. The van der Waals surface area contributed by atoms with Crippen molar-refractivity contribution in [3.05, 3.63) is 59.4 Å². The van der Waals surface area contributed by atoms with Gasteiger partial charge in [0.1, 0.15) is 5.82 Å². The maximum absolute atomic E-state index is 13.0. The van der Waals surface area contributed by atoms with Crippen LogP contribution in [0.25, 0.3) is 0 Å². The highest BCUT2D eigenvalue weighted by Crippen LogP contribution is 2.24. The smallest absolute Gasteiger partial charge is 0.207 e. The maximum Gasteiger partial charge on any atom is 0.243 e. The number of rotatable bonds is 4. The standard InChI is InChI=1S/C18H21FN2O4S2/c1-14-3-8-18(15(2)13-14)27(24,25)21-11-9-20(10-12-21)26(22,23)17-6-4-16(19)5-7-17/h3-8,13H,9-12H2,1-2H3. The molecule has 0 N–H and O–H groups in total. The lowest BCUT2D eigenvalue weighted by molar-refractivity contribution is 0.272. The molecule has 0 aliphatic carbocycles.